The zero-order valence-corrected chi connectivity index (χ0v) is 13.1. The summed E-state index contributed by atoms with van der Waals surface area (Å²) in [6.45, 7) is 1.87. The van der Waals surface area contributed by atoms with E-state index in [1.807, 2.05) is 6.92 Å². The smallest absolute Gasteiger partial charge is 0.262 e. The molecule has 0 saturated carbocycles. The van der Waals surface area contributed by atoms with Crippen molar-refractivity contribution < 1.29 is 14.1 Å². The van der Waals surface area contributed by atoms with Crippen LogP contribution in [0.2, 0.25) is 0 Å². The lowest BCUT2D eigenvalue weighted by molar-refractivity contribution is -0.118. The van der Waals surface area contributed by atoms with E-state index in [-0.39, 0.29) is 12.5 Å². The van der Waals surface area contributed by atoms with Crippen LogP contribution in [-0.4, -0.2) is 27.6 Å². The SMILES string of the molecule is CCc1noc(-c2ccc(OCC(=O)Nc3cccnc3)cc2)n1. The number of benzene rings is 1. The highest BCUT2D eigenvalue weighted by molar-refractivity contribution is 5.91. The third kappa shape index (κ3) is 3.95. The van der Waals surface area contributed by atoms with Gasteiger partial charge in [0.05, 0.1) is 11.9 Å². The van der Waals surface area contributed by atoms with E-state index in [0.29, 0.717) is 23.2 Å². The zero-order chi connectivity index (χ0) is 16.8. The molecule has 7 heteroatoms. The Balaban J connectivity index is 1.55. The van der Waals surface area contributed by atoms with Gasteiger partial charge >= 0.3 is 0 Å². The summed E-state index contributed by atoms with van der Waals surface area (Å²) >= 11 is 0. The van der Waals surface area contributed by atoms with Crippen molar-refractivity contribution in [2.45, 2.75) is 13.3 Å². The van der Waals surface area contributed by atoms with Gasteiger partial charge in [-0.3, -0.25) is 9.78 Å². The minimum absolute atomic E-state index is 0.0885. The van der Waals surface area contributed by atoms with E-state index in [1.54, 1.807) is 48.8 Å². The molecule has 0 spiro atoms. The van der Waals surface area contributed by atoms with E-state index in [0.717, 1.165) is 12.0 Å². The molecule has 0 bridgehead atoms. The van der Waals surface area contributed by atoms with Gasteiger partial charge in [0.25, 0.3) is 11.8 Å². The standard InChI is InChI=1S/C17H16N4O3/c1-2-15-20-17(24-21-15)12-5-7-14(8-6-12)23-11-16(22)19-13-4-3-9-18-10-13/h3-10H,2,11H2,1H3,(H,19,22). The number of aryl methyl sites for hydroxylation is 1. The van der Waals surface area contributed by atoms with Gasteiger partial charge in [0.1, 0.15) is 5.75 Å². The lowest BCUT2D eigenvalue weighted by atomic mass is 10.2. The van der Waals surface area contributed by atoms with Gasteiger partial charge in [0, 0.05) is 18.2 Å². The predicted octanol–water partition coefficient (Wildman–Crippen LogP) is 2.71. The first kappa shape index (κ1) is 15.7. The number of hydrogen-bond donors (Lipinski definition) is 1. The van der Waals surface area contributed by atoms with E-state index >= 15 is 0 Å². The Kier molecular flexibility index (Phi) is 4.81. The first-order chi connectivity index (χ1) is 11.7. The van der Waals surface area contributed by atoms with Crippen molar-refractivity contribution in [1.29, 1.82) is 0 Å². The van der Waals surface area contributed by atoms with Crippen LogP contribution in [0.1, 0.15) is 12.7 Å². The lowest BCUT2D eigenvalue weighted by Gasteiger charge is -2.07. The molecular weight excluding hydrogens is 308 g/mol. The Morgan fingerprint density at radius 1 is 1.25 bits per heavy atom. The first-order valence-corrected chi connectivity index (χ1v) is 7.50. The Labute approximate surface area is 138 Å². The third-order valence-corrected chi connectivity index (χ3v) is 3.20. The average Bonchev–Trinajstić information content (AvgIpc) is 3.10. The maximum Gasteiger partial charge on any atom is 0.262 e. The van der Waals surface area contributed by atoms with Crippen LogP contribution >= 0.6 is 0 Å². The number of nitrogens with zero attached hydrogens (tertiary/aromatic N) is 3. The second kappa shape index (κ2) is 7.36. The van der Waals surface area contributed by atoms with Crippen LogP contribution in [-0.2, 0) is 11.2 Å². The highest BCUT2D eigenvalue weighted by atomic mass is 16.5. The summed E-state index contributed by atoms with van der Waals surface area (Å²) in [6.07, 6.45) is 3.93. The number of ether oxygens (including phenoxy) is 1. The molecule has 3 aromatic rings. The molecule has 0 aliphatic heterocycles. The monoisotopic (exact) mass is 324 g/mol. The second-order valence-electron chi connectivity index (χ2n) is 4.97. The van der Waals surface area contributed by atoms with Crippen molar-refractivity contribution in [2.24, 2.45) is 0 Å². The van der Waals surface area contributed by atoms with Crippen molar-refractivity contribution in [3.05, 3.63) is 54.6 Å². The number of pyridine rings is 1. The molecule has 2 heterocycles. The molecule has 1 aromatic carbocycles. The molecule has 0 fully saturated rings. The maximum absolute atomic E-state index is 11.8. The molecule has 0 saturated heterocycles. The molecule has 0 atom stereocenters. The molecule has 7 nitrogen and oxygen atoms in total. The van der Waals surface area contributed by atoms with Gasteiger partial charge in [-0.05, 0) is 36.4 Å². The van der Waals surface area contributed by atoms with Gasteiger partial charge < -0.3 is 14.6 Å². The maximum atomic E-state index is 11.8. The molecule has 1 N–H and O–H groups in total. The van der Waals surface area contributed by atoms with Crippen molar-refractivity contribution in [3.8, 4) is 17.2 Å². The van der Waals surface area contributed by atoms with Crippen molar-refractivity contribution >= 4 is 11.6 Å². The molecule has 0 unspecified atom stereocenters. The van der Waals surface area contributed by atoms with Gasteiger partial charge in [-0.1, -0.05) is 12.1 Å². The summed E-state index contributed by atoms with van der Waals surface area (Å²) in [4.78, 5) is 20.0. The Hall–Kier alpha value is -3.22. The quantitative estimate of drug-likeness (QED) is 0.750. The molecule has 24 heavy (non-hydrogen) atoms. The van der Waals surface area contributed by atoms with Gasteiger partial charge in [-0.25, -0.2) is 0 Å². The minimum Gasteiger partial charge on any atom is -0.484 e. The molecular formula is C17H16N4O3. The molecule has 1 amide bonds. The molecule has 2 aromatic heterocycles. The molecule has 3 rings (SSSR count). The molecule has 122 valence electrons. The summed E-state index contributed by atoms with van der Waals surface area (Å²) in [6, 6.07) is 10.6. The van der Waals surface area contributed by atoms with Crippen LogP contribution < -0.4 is 10.1 Å². The van der Waals surface area contributed by atoms with Gasteiger partial charge in [0.2, 0.25) is 0 Å². The van der Waals surface area contributed by atoms with Crippen LogP contribution in [0.3, 0.4) is 0 Å². The van der Waals surface area contributed by atoms with E-state index in [4.69, 9.17) is 9.26 Å². The number of rotatable bonds is 6. The summed E-state index contributed by atoms with van der Waals surface area (Å²) in [7, 11) is 0. The van der Waals surface area contributed by atoms with E-state index < -0.39 is 0 Å². The number of anilines is 1. The van der Waals surface area contributed by atoms with Crippen LogP contribution in [0.25, 0.3) is 11.5 Å². The van der Waals surface area contributed by atoms with Gasteiger partial charge in [0.15, 0.2) is 12.4 Å². The second-order valence-corrected chi connectivity index (χ2v) is 4.97. The Bertz CT molecular complexity index is 800. The normalized spacial score (nSPS) is 10.4. The summed E-state index contributed by atoms with van der Waals surface area (Å²) < 4.78 is 10.6. The Morgan fingerprint density at radius 3 is 2.75 bits per heavy atom. The zero-order valence-electron chi connectivity index (χ0n) is 13.1. The number of carbonyl (C=O) groups excluding carboxylic acids is 1. The topological polar surface area (TPSA) is 90.1 Å². The van der Waals surface area contributed by atoms with Crippen molar-refractivity contribution in [1.82, 2.24) is 15.1 Å². The van der Waals surface area contributed by atoms with Crippen molar-refractivity contribution in [3.63, 3.8) is 0 Å². The number of amides is 1. The van der Waals surface area contributed by atoms with E-state index in [1.165, 1.54) is 0 Å². The first-order valence-electron chi connectivity index (χ1n) is 7.50. The summed E-state index contributed by atoms with van der Waals surface area (Å²) in [5.74, 6) is 1.46. The number of nitrogens with one attached hydrogen (secondary N) is 1. The van der Waals surface area contributed by atoms with E-state index in [2.05, 4.69) is 20.4 Å². The van der Waals surface area contributed by atoms with Gasteiger partial charge in [-0.2, -0.15) is 4.98 Å². The summed E-state index contributed by atoms with van der Waals surface area (Å²) in [5.41, 5.74) is 1.43. The number of aromatic nitrogens is 3. The lowest BCUT2D eigenvalue weighted by Crippen LogP contribution is -2.20. The van der Waals surface area contributed by atoms with Gasteiger partial charge in [-0.15, -0.1) is 0 Å². The largest absolute Gasteiger partial charge is 0.484 e. The minimum atomic E-state index is -0.253. The van der Waals surface area contributed by atoms with Crippen LogP contribution in [0, 0.1) is 0 Å². The summed E-state index contributed by atoms with van der Waals surface area (Å²) in [5, 5.41) is 6.56. The fourth-order valence-corrected chi connectivity index (χ4v) is 1.99. The van der Waals surface area contributed by atoms with Crippen LogP contribution in [0.4, 0.5) is 5.69 Å². The molecule has 0 radical (unpaired) electrons. The van der Waals surface area contributed by atoms with Crippen molar-refractivity contribution in [2.75, 3.05) is 11.9 Å². The van der Waals surface area contributed by atoms with Crippen LogP contribution in [0.5, 0.6) is 5.75 Å². The Morgan fingerprint density at radius 2 is 2.08 bits per heavy atom. The highest BCUT2D eigenvalue weighted by Gasteiger charge is 2.08. The van der Waals surface area contributed by atoms with E-state index in [9.17, 15) is 4.79 Å². The number of hydrogen-bond acceptors (Lipinski definition) is 6. The molecule has 0 aliphatic rings. The number of carbonyl (C=O) groups is 1. The third-order valence-electron chi connectivity index (χ3n) is 3.20. The average molecular weight is 324 g/mol. The predicted molar refractivity (Wildman–Crippen MR) is 87.5 cm³/mol. The van der Waals surface area contributed by atoms with Crippen LogP contribution in [0.15, 0.2) is 53.3 Å². The fourth-order valence-electron chi connectivity index (χ4n) is 1.99. The highest BCUT2D eigenvalue weighted by Crippen LogP contribution is 2.21. The molecule has 0 aliphatic carbocycles. The fraction of sp³-hybridized carbons (Fsp3) is 0.176.